The number of H-pyrrole nitrogens is 1. The predicted octanol–water partition coefficient (Wildman–Crippen LogP) is 5.50. The minimum Gasteiger partial charge on any atom is -0.507 e. The highest BCUT2D eigenvalue weighted by atomic mass is 35.5. The molecule has 1 unspecified atom stereocenters. The lowest BCUT2D eigenvalue weighted by atomic mass is 9.94. The fourth-order valence-corrected chi connectivity index (χ4v) is 4.55. The number of aliphatic hydroxyl groups excluding tert-OH is 1. The molecule has 10 heteroatoms. The number of halogens is 2. The first-order chi connectivity index (χ1) is 17.2. The Morgan fingerprint density at radius 2 is 1.72 bits per heavy atom. The van der Waals surface area contributed by atoms with Gasteiger partial charge < -0.3 is 15.2 Å². The second kappa shape index (κ2) is 8.82. The molecule has 1 aromatic heterocycles. The Balaban J connectivity index is 1.73. The number of nitrogens with zero attached hydrogens (tertiary/aromatic N) is 2. The molecule has 1 amide bonds. The molecule has 1 aliphatic rings. The van der Waals surface area contributed by atoms with Gasteiger partial charge in [-0.1, -0.05) is 53.0 Å². The fourth-order valence-electron chi connectivity index (χ4n) is 4.25. The molecule has 1 atom stereocenters. The lowest BCUT2D eigenvalue weighted by Crippen LogP contribution is -2.30. The number of nitrogens with one attached hydrogen (secondary N) is 1. The number of carboxylic acids is 1. The molecule has 3 N–H and O–H groups in total. The van der Waals surface area contributed by atoms with Crippen molar-refractivity contribution in [2.75, 3.05) is 4.90 Å². The van der Waals surface area contributed by atoms with E-state index in [-0.39, 0.29) is 32.7 Å². The summed E-state index contributed by atoms with van der Waals surface area (Å²) in [5, 5.41) is 21.0. The van der Waals surface area contributed by atoms with Gasteiger partial charge in [0.2, 0.25) is 5.95 Å². The van der Waals surface area contributed by atoms with E-state index in [1.165, 1.54) is 41.3 Å². The van der Waals surface area contributed by atoms with Gasteiger partial charge in [-0.15, -0.1) is 0 Å². The quantitative estimate of drug-likeness (QED) is 0.185. The molecule has 0 bridgehead atoms. The highest BCUT2D eigenvalue weighted by molar-refractivity contribution is 6.51. The molecule has 8 nitrogen and oxygen atoms in total. The Morgan fingerprint density at radius 3 is 2.42 bits per heavy atom. The minimum atomic E-state index is -1.12. The number of Topliss-reactive ketones (excluding diaryl/α,β-unsaturated/α-hetero) is 1. The number of fused-ring (bicyclic) bond motifs is 1. The van der Waals surface area contributed by atoms with Crippen LogP contribution in [-0.2, 0) is 9.59 Å². The van der Waals surface area contributed by atoms with Crippen molar-refractivity contribution in [1.82, 2.24) is 9.97 Å². The van der Waals surface area contributed by atoms with E-state index in [2.05, 4.69) is 9.97 Å². The molecule has 0 radical (unpaired) electrons. The van der Waals surface area contributed by atoms with E-state index in [1.807, 2.05) is 13.0 Å². The molecule has 0 saturated carbocycles. The topological polar surface area (TPSA) is 124 Å². The number of imidazole rings is 1. The van der Waals surface area contributed by atoms with Crippen LogP contribution in [0.2, 0.25) is 10.0 Å². The van der Waals surface area contributed by atoms with Crippen LogP contribution in [0.5, 0.6) is 0 Å². The van der Waals surface area contributed by atoms with Crippen LogP contribution in [0.25, 0.3) is 16.8 Å². The molecule has 1 fully saturated rings. The number of rotatable bonds is 4. The van der Waals surface area contributed by atoms with Gasteiger partial charge in [-0.05, 0) is 48.9 Å². The number of benzene rings is 3. The number of anilines is 1. The largest absolute Gasteiger partial charge is 0.507 e. The molecule has 1 saturated heterocycles. The minimum absolute atomic E-state index is 0.0364. The van der Waals surface area contributed by atoms with Gasteiger partial charge in [-0.2, -0.15) is 0 Å². The molecule has 0 spiro atoms. The maximum Gasteiger partial charge on any atom is 0.335 e. The zero-order chi connectivity index (χ0) is 25.7. The first-order valence-electron chi connectivity index (χ1n) is 10.7. The molecule has 0 aliphatic carbocycles. The van der Waals surface area contributed by atoms with Crippen molar-refractivity contribution in [3.63, 3.8) is 0 Å². The maximum absolute atomic E-state index is 13.3. The molecular weight excluding hydrogens is 505 g/mol. The van der Waals surface area contributed by atoms with Crippen molar-refractivity contribution in [3.05, 3.63) is 98.5 Å². The summed E-state index contributed by atoms with van der Waals surface area (Å²) in [6.45, 7) is 1.86. The third-order valence-electron chi connectivity index (χ3n) is 5.94. The fraction of sp³-hybridized carbons (Fsp3) is 0.0769. The monoisotopic (exact) mass is 521 g/mol. The van der Waals surface area contributed by atoms with Crippen LogP contribution in [0.15, 0.2) is 66.2 Å². The van der Waals surface area contributed by atoms with Gasteiger partial charge in [0.15, 0.2) is 0 Å². The van der Waals surface area contributed by atoms with Crippen LogP contribution in [0, 0.1) is 6.92 Å². The first kappa shape index (κ1) is 23.6. The SMILES string of the molecule is Cc1cccc(C2/C(=C(\O)c3ccc(Cl)c(Cl)c3)C(=O)C(=O)N2c2nc3ccc(C(=O)O)cc3[nH]2)c1. The van der Waals surface area contributed by atoms with E-state index in [4.69, 9.17) is 23.2 Å². The Morgan fingerprint density at radius 1 is 0.972 bits per heavy atom. The number of aromatic nitrogens is 2. The van der Waals surface area contributed by atoms with Crippen LogP contribution in [0.4, 0.5) is 5.95 Å². The molecule has 36 heavy (non-hydrogen) atoms. The Bertz CT molecular complexity index is 1630. The number of carboxylic acid groups (broad SMARTS) is 1. The number of ketones is 1. The number of aromatic amines is 1. The number of aliphatic hydroxyl groups is 1. The van der Waals surface area contributed by atoms with E-state index in [0.29, 0.717) is 16.6 Å². The molecule has 2 heterocycles. The van der Waals surface area contributed by atoms with Crippen molar-refractivity contribution >= 4 is 63.6 Å². The summed E-state index contributed by atoms with van der Waals surface area (Å²) in [7, 11) is 0. The van der Waals surface area contributed by atoms with E-state index in [1.54, 1.807) is 18.2 Å². The second-order valence-corrected chi connectivity index (χ2v) is 9.12. The van der Waals surface area contributed by atoms with Crippen molar-refractivity contribution < 1.29 is 24.6 Å². The molecular formula is C26H17Cl2N3O5. The number of aromatic carboxylic acids is 1. The van der Waals surface area contributed by atoms with E-state index in [9.17, 15) is 24.6 Å². The van der Waals surface area contributed by atoms with Gasteiger partial charge in [0.1, 0.15) is 5.76 Å². The van der Waals surface area contributed by atoms with Gasteiger partial charge in [0.25, 0.3) is 5.78 Å². The van der Waals surface area contributed by atoms with Crippen molar-refractivity contribution in [3.8, 4) is 0 Å². The van der Waals surface area contributed by atoms with Crippen LogP contribution < -0.4 is 4.90 Å². The molecule has 4 aromatic rings. The highest BCUT2D eigenvalue weighted by Gasteiger charge is 2.48. The Kier molecular flexibility index (Phi) is 5.78. The van der Waals surface area contributed by atoms with Crippen LogP contribution >= 0.6 is 23.2 Å². The molecule has 180 valence electrons. The number of hydrogen-bond donors (Lipinski definition) is 3. The average Bonchev–Trinajstić information content (AvgIpc) is 3.38. The van der Waals surface area contributed by atoms with E-state index in [0.717, 1.165) is 5.56 Å². The maximum atomic E-state index is 13.3. The smallest absolute Gasteiger partial charge is 0.335 e. The summed E-state index contributed by atoms with van der Waals surface area (Å²) in [4.78, 5) is 46.5. The first-order valence-corrected chi connectivity index (χ1v) is 11.5. The van der Waals surface area contributed by atoms with Gasteiger partial charge >= 0.3 is 11.9 Å². The van der Waals surface area contributed by atoms with Crippen LogP contribution in [0.1, 0.15) is 33.1 Å². The molecule has 5 rings (SSSR count). The lowest BCUT2D eigenvalue weighted by Gasteiger charge is -2.23. The summed E-state index contributed by atoms with van der Waals surface area (Å²) in [5.41, 5.74) is 2.34. The third-order valence-corrected chi connectivity index (χ3v) is 6.68. The lowest BCUT2D eigenvalue weighted by molar-refractivity contribution is -0.132. The average molecular weight is 522 g/mol. The molecule has 1 aliphatic heterocycles. The summed E-state index contributed by atoms with van der Waals surface area (Å²) in [6.07, 6.45) is 0. The summed E-state index contributed by atoms with van der Waals surface area (Å²) < 4.78 is 0. The normalized spacial score (nSPS) is 17.2. The number of aryl methyl sites for hydroxylation is 1. The third kappa shape index (κ3) is 3.90. The van der Waals surface area contributed by atoms with E-state index >= 15 is 0 Å². The summed E-state index contributed by atoms with van der Waals surface area (Å²) >= 11 is 12.1. The van der Waals surface area contributed by atoms with Crippen LogP contribution in [-0.4, -0.2) is 37.8 Å². The zero-order valence-electron chi connectivity index (χ0n) is 18.6. The van der Waals surface area contributed by atoms with Crippen molar-refractivity contribution in [2.24, 2.45) is 0 Å². The standard InChI is InChI=1S/C26H17Cl2N3O5/c1-12-3-2-4-13(9-12)21-20(22(32)14-5-7-16(27)17(28)10-14)23(33)24(34)31(21)26-29-18-8-6-15(25(35)36)11-19(18)30-26/h2-11,21,32H,1H3,(H,29,30)(H,35,36)/b22-20+. The van der Waals surface area contributed by atoms with Gasteiger partial charge in [0.05, 0.1) is 38.3 Å². The van der Waals surface area contributed by atoms with Gasteiger partial charge in [-0.3, -0.25) is 14.5 Å². The number of amides is 1. The second-order valence-electron chi connectivity index (χ2n) is 8.31. The van der Waals surface area contributed by atoms with Gasteiger partial charge in [-0.25, -0.2) is 9.78 Å². The number of carbonyl (C=O) groups is 3. The van der Waals surface area contributed by atoms with Crippen LogP contribution in [0.3, 0.4) is 0 Å². The van der Waals surface area contributed by atoms with Crippen molar-refractivity contribution in [2.45, 2.75) is 13.0 Å². The molecule has 3 aromatic carbocycles. The number of carbonyl (C=O) groups excluding carboxylic acids is 2. The Hall–Kier alpha value is -4.14. The highest BCUT2D eigenvalue weighted by Crippen LogP contribution is 2.42. The number of hydrogen-bond acceptors (Lipinski definition) is 5. The Labute approximate surface area is 214 Å². The zero-order valence-corrected chi connectivity index (χ0v) is 20.1. The summed E-state index contributed by atoms with van der Waals surface area (Å²) in [6, 6.07) is 14.9. The summed E-state index contributed by atoms with van der Waals surface area (Å²) in [5.74, 6) is -3.30. The van der Waals surface area contributed by atoms with Crippen molar-refractivity contribution in [1.29, 1.82) is 0 Å². The van der Waals surface area contributed by atoms with E-state index < -0.39 is 29.5 Å². The van der Waals surface area contributed by atoms with Gasteiger partial charge in [0, 0.05) is 5.56 Å². The predicted molar refractivity (Wildman–Crippen MR) is 135 cm³/mol.